The maximum absolute atomic E-state index is 12.1. The smallest absolute Gasteiger partial charge is 0.183 e. The fourth-order valence-corrected chi connectivity index (χ4v) is 1.81. The second kappa shape index (κ2) is 6.17. The number of hydrogen-bond acceptors (Lipinski definition) is 3. The van der Waals surface area contributed by atoms with Crippen LogP contribution in [-0.2, 0) is 6.54 Å². The molecule has 17 heavy (non-hydrogen) atoms. The Bertz CT molecular complexity index is 387. The van der Waals surface area contributed by atoms with E-state index in [1.807, 2.05) is 20.8 Å². The zero-order chi connectivity index (χ0) is 13.0. The lowest BCUT2D eigenvalue weighted by atomic mass is 9.98. The lowest BCUT2D eigenvalue weighted by Gasteiger charge is -2.15. The third-order valence-corrected chi connectivity index (χ3v) is 3.05. The molecule has 0 aromatic carbocycles. The minimum atomic E-state index is -0.136. The number of aromatic nitrogens is 2. The summed E-state index contributed by atoms with van der Waals surface area (Å²) in [6.07, 6.45) is 2.74. The lowest BCUT2D eigenvalue weighted by molar-refractivity contribution is 0.0957. The maximum atomic E-state index is 12.1. The normalized spacial score (nSPS) is 13.1. The van der Waals surface area contributed by atoms with Gasteiger partial charge in [-0.25, -0.2) is 0 Å². The zero-order valence-corrected chi connectivity index (χ0v) is 11.4. The van der Waals surface area contributed by atoms with Crippen LogP contribution in [0.5, 0.6) is 0 Å². The molecule has 96 valence electrons. The van der Waals surface area contributed by atoms with Gasteiger partial charge in [0.1, 0.15) is 5.69 Å². The van der Waals surface area contributed by atoms with Gasteiger partial charge in [0.15, 0.2) is 5.78 Å². The van der Waals surface area contributed by atoms with E-state index >= 15 is 0 Å². The molecule has 0 aliphatic heterocycles. The van der Waals surface area contributed by atoms with Gasteiger partial charge < -0.3 is 5.73 Å². The van der Waals surface area contributed by atoms with Crippen LogP contribution in [-0.4, -0.2) is 21.6 Å². The molecule has 1 unspecified atom stereocenters. The minimum Gasteiger partial charge on any atom is -0.327 e. The molecule has 0 aliphatic carbocycles. The molecule has 0 spiro atoms. The predicted octanol–water partition coefficient (Wildman–Crippen LogP) is 2.50. The summed E-state index contributed by atoms with van der Waals surface area (Å²) in [6, 6.07) is -0.136. The average Bonchev–Trinajstić information content (AvgIpc) is 2.60. The van der Waals surface area contributed by atoms with E-state index in [-0.39, 0.29) is 17.7 Å². The van der Waals surface area contributed by atoms with E-state index < -0.39 is 0 Å². The number of Topliss-reactive ketones (excluding diaryl/α,β-unsaturated/α-hetero) is 1. The van der Waals surface area contributed by atoms with Gasteiger partial charge in [0.25, 0.3) is 0 Å². The number of halogens is 1. The quantitative estimate of drug-likeness (QED) is 0.797. The Morgan fingerprint density at radius 2 is 2.24 bits per heavy atom. The summed E-state index contributed by atoms with van der Waals surface area (Å²) in [6.45, 7) is 6.74. The van der Waals surface area contributed by atoms with Gasteiger partial charge in [-0.1, -0.05) is 32.4 Å². The Morgan fingerprint density at radius 1 is 1.59 bits per heavy atom. The highest BCUT2D eigenvalue weighted by molar-refractivity contribution is 6.33. The molecule has 4 nitrogen and oxygen atoms in total. The third kappa shape index (κ3) is 3.54. The van der Waals surface area contributed by atoms with Crippen molar-refractivity contribution in [3.63, 3.8) is 0 Å². The second-order valence-electron chi connectivity index (χ2n) is 4.60. The van der Waals surface area contributed by atoms with E-state index in [2.05, 4.69) is 5.10 Å². The molecule has 1 heterocycles. The summed E-state index contributed by atoms with van der Waals surface area (Å²) in [5.41, 5.74) is 6.39. The highest BCUT2D eigenvalue weighted by Crippen LogP contribution is 2.19. The molecule has 0 saturated carbocycles. The molecule has 0 bridgehead atoms. The van der Waals surface area contributed by atoms with Gasteiger partial charge in [-0.05, 0) is 12.3 Å². The van der Waals surface area contributed by atoms with Crippen molar-refractivity contribution in [2.24, 2.45) is 11.7 Å². The Kier molecular flexibility index (Phi) is 5.15. The molecular weight excluding hydrogens is 238 g/mol. The van der Waals surface area contributed by atoms with Crippen molar-refractivity contribution in [3.8, 4) is 0 Å². The number of nitrogens with zero attached hydrogens (tertiary/aromatic N) is 2. The Hall–Kier alpha value is -0.870. The van der Waals surface area contributed by atoms with E-state index in [9.17, 15) is 4.79 Å². The van der Waals surface area contributed by atoms with Crippen molar-refractivity contribution < 1.29 is 4.79 Å². The highest BCUT2D eigenvalue weighted by Gasteiger charge is 2.20. The molecule has 2 N–H and O–H groups in total. The first-order chi connectivity index (χ1) is 7.97. The van der Waals surface area contributed by atoms with Crippen LogP contribution in [0.15, 0.2) is 6.20 Å². The SMILES string of the molecule is CCCn1ncc(Cl)c1C(=O)CC(N)C(C)C. The summed E-state index contributed by atoms with van der Waals surface area (Å²) in [5.74, 6) is 0.252. The van der Waals surface area contributed by atoms with Crippen LogP contribution >= 0.6 is 11.6 Å². The summed E-state index contributed by atoms with van der Waals surface area (Å²) in [4.78, 5) is 12.1. The largest absolute Gasteiger partial charge is 0.327 e. The maximum Gasteiger partial charge on any atom is 0.183 e. The third-order valence-electron chi connectivity index (χ3n) is 2.77. The standard InChI is InChI=1S/C12H20ClN3O/c1-4-5-16-12(9(13)7-15-16)11(17)6-10(14)8(2)3/h7-8,10H,4-6,14H2,1-3H3. The van der Waals surface area contributed by atoms with Crippen LogP contribution < -0.4 is 5.73 Å². The predicted molar refractivity (Wildman–Crippen MR) is 69.3 cm³/mol. The van der Waals surface area contributed by atoms with Crippen LogP contribution in [0.4, 0.5) is 0 Å². The van der Waals surface area contributed by atoms with Gasteiger partial charge in [-0.2, -0.15) is 5.10 Å². The van der Waals surface area contributed by atoms with Crippen molar-refractivity contribution in [1.29, 1.82) is 0 Å². The summed E-state index contributed by atoms with van der Waals surface area (Å²) < 4.78 is 1.66. The number of carbonyl (C=O) groups excluding carboxylic acids is 1. The van der Waals surface area contributed by atoms with Gasteiger partial charge in [-0.15, -0.1) is 0 Å². The van der Waals surface area contributed by atoms with Crippen LogP contribution in [0.2, 0.25) is 5.02 Å². The number of hydrogen-bond donors (Lipinski definition) is 1. The monoisotopic (exact) mass is 257 g/mol. The number of aryl methyl sites for hydroxylation is 1. The van der Waals surface area contributed by atoms with E-state index in [1.165, 1.54) is 6.20 Å². The van der Waals surface area contributed by atoms with Crippen molar-refractivity contribution in [2.75, 3.05) is 0 Å². The summed E-state index contributed by atoms with van der Waals surface area (Å²) >= 11 is 5.99. The van der Waals surface area contributed by atoms with Gasteiger partial charge in [0.2, 0.25) is 0 Å². The zero-order valence-electron chi connectivity index (χ0n) is 10.6. The molecule has 1 rings (SSSR count). The summed E-state index contributed by atoms with van der Waals surface area (Å²) in [5, 5.41) is 4.52. The fraction of sp³-hybridized carbons (Fsp3) is 0.667. The van der Waals surface area contributed by atoms with Gasteiger partial charge in [0, 0.05) is 19.0 Å². The van der Waals surface area contributed by atoms with Crippen LogP contribution in [0.25, 0.3) is 0 Å². The Morgan fingerprint density at radius 3 is 2.76 bits per heavy atom. The molecule has 1 aromatic heterocycles. The molecule has 0 saturated heterocycles. The topological polar surface area (TPSA) is 60.9 Å². The minimum absolute atomic E-state index is 0.0258. The molecule has 0 fully saturated rings. The summed E-state index contributed by atoms with van der Waals surface area (Å²) in [7, 11) is 0. The molecule has 5 heteroatoms. The average molecular weight is 258 g/mol. The van der Waals surface area contributed by atoms with Crippen molar-refractivity contribution >= 4 is 17.4 Å². The molecule has 0 amide bonds. The molecule has 1 aromatic rings. The van der Waals surface area contributed by atoms with Crippen molar-refractivity contribution in [1.82, 2.24) is 9.78 Å². The van der Waals surface area contributed by atoms with Crippen LogP contribution in [0.1, 0.15) is 44.1 Å². The van der Waals surface area contributed by atoms with E-state index in [4.69, 9.17) is 17.3 Å². The molecule has 1 atom stereocenters. The van der Waals surface area contributed by atoms with Crippen LogP contribution in [0.3, 0.4) is 0 Å². The lowest BCUT2D eigenvalue weighted by Crippen LogP contribution is -2.30. The van der Waals surface area contributed by atoms with E-state index in [1.54, 1.807) is 4.68 Å². The molecular formula is C12H20ClN3O. The Balaban J connectivity index is 2.84. The first-order valence-electron chi connectivity index (χ1n) is 5.97. The number of rotatable bonds is 6. The van der Waals surface area contributed by atoms with Crippen molar-refractivity contribution in [3.05, 3.63) is 16.9 Å². The Labute approximate surface area is 107 Å². The number of ketones is 1. The van der Waals surface area contributed by atoms with Gasteiger partial charge in [-0.3, -0.25) is 9.48 Å². The number of carbonyl (C=O) groups is 1. The molecule has 0 aliphatic rings. The van der Waals surface area contributed by atoms with Gasteiger partial charge >= 0.3 is 0 Å². The number of nitrogens with two attached hydrogens (primary N) is 1. The molecule has 0 radical (unpaired) electrons. The first kappa shape index (κ1) is 14.2. The fourth-order valence-electron chi connectivity index (χ4n) is 1.57. The second-order valence-corrected chi connectivity index (χ2v) is 5.01. The van der Waals surface area contributed by atoms with E-state index in [0.29, 0.717) is 23.7 Å². The van der Waals surface area contributed by atoms with Crippen molar-refractivity contribution in [2.45, 2.75) is 46.2 Å². The highest BCUT2D eigenvalue weighted by atomic mass is 35.5. The first-order valence-corrected chi connectivity index (χ1v) is 6.35. The van der Waals surface area contributed by atoms with E-state index in [0.717, 1.165) is 6.42 Å². The van der Waals surface area contributed by atoms with Gasteiger partial charge in [0.05, 0.1) is 11.2 Å². The van der Waals surface area contributed by atoms with Crippen LogP contribution in [0, 0.1) is 5.92 Å².